The Morgan fingerprint density at radius 1 is 1.38 bits per heavy atom. The largest absolute Gasteiger partial charge is 0.465 e. The zero-order chi connectivity index (χ0) is 15.5. The molecule has 4 heteroatoms. The summed E-state index contributed by atoms with van der Waals surface area (Å²) in [6.45, 7) is 5.77. The maximum Gasteiger partial charge on any atom is 0.314 e. The number of ether oxygens (including phenoxy) is 1. The number of esters is 1. The highest BCUT2D eigenvalue weighted by molar-refractivity contribution is 7.99. The van der Waals surface area contributed by atoms with Crippen LogP contribution in [0.2, 0.25) is 0 Å². The monoisotopic (exact) mass is 308 g/mol. The van der Waals surface area contributed by atoms with E-state index in [1.165, 1.54) is 4.90 Å². The molecule has 2 rings (SSSR count). The lowest BCUT2D eigenvalue weighted by atomic mass is 9.74. The molecule has 1 fully saturated rings. The summed E-state index contributed by atoms with van der Waals surface area (Å²) in [4.78, 5) is 13.4. The highest BCUT2D eigenvalue weighted by Gasteiger charge is 2.58. The van der Waals surface area contributed by atoms with Crippen LogP contribution in [0.25, 0.3) is 0 Å². The molecule has 1 aromatic carbocycles. The van der Waals surface area contributed by atoms with Crippen LogP contribution in [0.5, 0.6) is 0 Å². The van der Waals surface area contributed by atoms with Gasteiger partial charge in [-0.25, -0.2) is 0 Å². The molecule has 1 N–H and O–H groups in total. The Labute approximate surface area is 131 Å². The van der Waals surface area contributed by atoms with Crippen molar-refractivity contribution in [2.75, 3.05) is 12.4 Å². The van der Waals surface area contributed by atoms with Crippen LogP contribution in [0.1, 0.15) is 33.6 Å². The molecule has 21 heavy (non-hydrogen) atoms. The van der Waals surface area contributed by atoms with Crippen molar-refractivity contribution in [1.29, 1.82) is 0 Å². The van der Waals surface area contributed by atoms with Gasteiger partial charge in [-0.05, 0) is 51.7 Å². The molecule has 1 aromatic rings. The summed E-state index contributed by atoms with van der Waals surface area (Å²) in [5.74, 6) is 0.630. The second kappa shape index (κ2) is 6.41. The Kier molecular flexibility index (Phi) is 4.99. The highest BCUT2D eigenvalue weighted by Crippen LogP contribution is 2.51. The van der Waals surface area contributed by atoms with E-state index >= 15 is 0 Å². The lowest BCUT2D eigenvalue weighted by Gasteiger charge is -2.38. The SMILES string of the molecule is CCOC(=O)[C@]1(C)CC[C@H](CSc2ccccc2)[C@]1(C)O. The van der Waals surface area contributed by atoms with Crippen molar-refractivity contribution < 1.29 is 14.6 Å². The van der Waals surface area contributed by atoms with Crippen LogP contribution in [0, 0.1) is 11.3 Å². The second-order valence-corrected chi connectivity index (χ2v) is 7.15. The lowest BCUT2D eigenvalue weighted by molar-refractivity contribution is -0.169. The molecule has 3 nitrogen and oxygen atoms in total. The minimum Gasteiger partial charge on any atom is -0.465 e. The predicted molar refractivity (Wildman–Crippen MR) is 85.3 cm³/mol. The summed E-state index contributed by atoms with van der Waals surface area (Å²) in [7, 11) is 0. The normalized spacial score (nSPS) is 32.1. The van der Waals surface area contributed by atoms with Crippen molar-refractivity contribution in [2.45, 2.75) is 44.1 Å². The van der Waals surface area contributed by atoms with Gasteiger partial charge in [-0.2, -0.15) is 0 Å². The first-order valence-electron chi connectivity index (χ1n) is 7.49. The van der Waals surface area contributed by atoms with Gasteiger partial charge in [0.1, 0.15) is 0 Å². The predicted octanol–water partition coefficient (Wildman–Crippen LogP) is 3.51. The Bertz CT molecular complexity index is 486. The van der Waals surface area contributed by atoms with E-state index in [4.69, 9.17) is 4.74 Å². The zero-order valence-corrected chi connectivity index (χ0v) is 13.8. The molecular weight excluding hydrogens is 284 g/mol. The molecular formula is C17H24O3S. The van der Waals surface area contributed by atoms with E-state index < -0.39 is 11.0 Å². The molecule has 1 aliphatic rings. The molecule has 0 aliphatic heterocycles. The van der Waals surface area contributed by atoms with Crippen molar-refractivity contribution in [2.24, 2.45) is 11.3 Å². The third-order valence-corrected chi connectivity index (χ3v) is 6.00. The molecule has 0 aromatic heterocycles. The van der Waals surface area contributed by atoms with Crippen LogP contribution in [0.3, 0.4) is 0 Å². The molecule has 0 spiro atoms. The first kappa shape index (κ1) is 16.4. The maximum atomic E-state index is 12.2. The van der Waals surface area contributed by atoms with Gasteiger partial charge >= 0.3 is 5.97 Å². The smallest absolute Gasteiger partial charge is 0.314 e. The van der Waals surface area contributed by atoms with E-state index in [2.05, 4.69) is 12.1 Å². The molecule has 0 bridgehead atoms. The Morgan fingerprint density at radius 3 is 2.67 bits per heavy atom. The number of hydrogen-bond donors (Lipinski definition) is 1. The zero-order valence-electron chi connectivity index (χ0n) is 13.0. The number of hydrogen-bond acceptors (Lipinski definition) is 4. The molecule has 0 amide bonds. The summed E-state index contributed by atoms with van der Waals surface area (Å²) in [5.41, 5.74) is -1.83. The fourth-order valence-corrected chi connectivity index (χ4v) is 4.24. The van der Waals surface area contributed by atoms with Crippen molar-refractivity contribution in [3.8, 4) is 0 Å². The Hall–Kier alpha value is -1.00. The number of carbonyl (C=O) groups is 1. The third-order valence-electron chi connectivity index (χ3n) is 4.83. The molecule has 0 unspecified atom stereocenters. The van der Waals surface area contributed by atoms with E-state index in [1.807, 2.05) is 25.1 Å². The van der Waals surface area contributed by atoms with Crippen LogP contribution in [0.4, 0.5) is 0 Å². The number of carbonyl (C=O) groups excluding carboxylic acids is 1. The molecule has 0 radical (unpaired) electrons. The molecule has 3 atom stereocenters. The first-order chi connectivity index (χ1) is 9.91. The summed E-state index contributed by atoms with van der Waals surface area (Å²) >= 11 is 1.73. The van der Waals surface area contributed by atoms with Crippen LogP contribution in [-0.2, 0) is 9.53 Å². The molecule has 0 saturated heterocycles. The van der Waals surface area contributed by atoms with E-state index in [0.717, 1.165) is 12.2 Å². The standard InChI is InChI=1S/C17H24O3S/c1-4-20-15(18)16(2)11-10-13(17(16,3)19)12-21-14-8-6-5-7-9-14/h5-9,13,19H,4,10-12H2,1-3H3/t13-,16+,17+/m1/s1. The molecule has 116 valence electrons. The maximum absolute atomic E-state index is 12.2. The highest BCUT2D eigenvalue weighted by atomic mass is 32.2. The van der Waals surface area contributed by atoms with Crippen molar-refractivity contribution in [3.05, 3.63) is 30.3 Å². The Balaban J connectivity index is 2.05. The van der Waals surface area contributed by atoms with Gasteiger partial charge in [0.15, 0.2) is 0 Å². The summed E-state index contributed by atoms with van der Waals surface area (Å²) in [6, 6.07) is 10.2. The van der Waals surface area contributed by atoms with Gasteiger partial charge in [0.05, 0.1) is 17.6 Å². The van der Waals surface area contributed by atoms with Gasteiger partial charge in [-0.3, -0.25) is 4.79 Å². The van der Waals surface area contributed by atoms with Crippen LogP contribution in [0.15, 0.2) is 35.2 Å². The topological polar surface area (TPSA) is 46.5 Å². The van der Waals surface area contributed by atoms with Crippen LogP contribution in [-0.4, -0.2) is 29.0 Å². The van der Waals surface area contributed by atoms with Crippen LogP contribution < -0.4 is 0 Å². The van der Waals surface area contributed by atoms with Gasteiger partial charge in [-0.1, -0.05) is 18.2 Å². The van der Waals surface area contributed by atoms with E-state index in [9.17, 15) is 9.90 Å². The minimum atomic E-state index is -1.03. The molecule has 1 saturated carbocycles. The van der Waals surface area contributed by atoms with Gasteiger partial charge in [0.25, 0.3) is 0 Å². The van der Waals surface area contributed by atoms with Crippen molar-refractivity contribution in [3.63, 3.8) is 0 Å². The fourth-order valence-electron chi connectivity index (χ4n) is 3.01. The van der Waals surface area contributed by atoms with Gasteiger partial charge in [0, 0.05) is 10.6 Å². The third kappa shape index (κ3) is 3.11. The number of aliphatic hydroxyl groups is 1. The summed E-state index contributed by atoms with van der Waals surface area (Å²) in [6.07, 6.45) is 1.53. The molecule has 0 heterocycles. The van der Waals surface area contributed by atoms with Crippen molar-refractivity contribution in [1.82, 2.24) is 0 Å². The average molecular weight is 308 g/mol. The lowest BCUT2D eigenvalue weighted by Crippen LogP contribution is -2.50. The van der Waals surface area contributed by atoms with Gasteiger partial charge in [0.2, 0.25) is 0 Å². The summed E-state index contributed by atoms with van der Waals surface area (Å²) < 4.78 is 5.17. The van der Waals surface area contributed by atoms with Gasteiger partial charge in [-0.15, -0.1) is 11.8 Å². The summed E-state index contributed by atoms with van der Waals surface area (Å²) in [5, 5.41) is 10.9. The fraction of sp³-hybridized carbons (Fsp3) is 0.588. The number of thioether (sulfide) groups is 1. The molecule has 1 aliphatic carbocycles. The van der Waals surface area contributed by atoms with Gasteiger partial charge < -0.3 is 9.84 Å². The van der Waals surface area contributed by atoms with E-state index in [1.54, 1.807) is 25.6 Å². The van der Waals surface area contributed by atoms with E-state index in [0.29, 0.717) is 13.0 Å². The average Bonchev–Trinajstić information content (AvgIpc) is 2.70. The number of rotatable bonds is 5. The second-order valence-electron chi connectivity index (χ2n) is 6.06. The quantitative estimate of drug-likeness (QED) is 0.668. The van der Waals surface area contributed by atoms with E-state index in [-0.39, 0.29) is 11.9 Å². The van der Waals surface area contributed by atoms with Crippen molar-refractivity contribution >= 4 is 17.7 Å². The van der Waals surface area contributed by atoms with Crippen LogP contribution >= 0.6 is 11.8 Å². The first-order valence-corrected chi connectivity index (χ1v) is 8.48. The number of benzene rings is 1. The Morgan fingerprint density at radius 2 is 2.05 bits per heavy atom. The minimum absolute atomic E-state index is 0.0945.